The van der Waals surface area contributed by atoms with Gasteiger partial charge in [0.15, 0.2) is 0 Å². The molecule has 4 nitrogen and oxygen atoms in total. The normalized spacial score (nSPS) is 16.8. The third kappa shape index (κ3) is 8.79. The highest BCUT2D eigenvalue weighted by molar-refractivity contribution is 5.14. The van der Waals surface area contributed by atoms with Gasteiger partial charge in [-0.25, -0.2) is 0 Å². The third-order valence-corrected chi connectivity index (χ3v) is 3.29. The fraction of sp³-hybridized carbons (Fsp3) is 0.400. The van der Waals surface area contributed by atoms with Crippen molar-refractivity contribution < 1.29 is 19.3 Å². The highest BCUT2D eigenvalue weighted by Gasteiger charge is 2.21. The second-order valence-corrected chi connectivity index (χ2v) is 5.81. The Morgan fingerprint density at radius 2 is 1.46 bits per heavy atom. The summed E-state index contributed by atoms with van der Waals surface area (Å²) in [5.41, 5.74) is 2.36. The van der Waals surface area contributed by atoms with Crippen LogP contribution in [-0.2, 0) is 27.4 Å². The van der Waals surface area contributed by atoms with Crippen LogP contribution in [0.5, 0.6) is 0 Å². The smallest absolute Gasteiger partial charge is 0.104 e. The van der Waals surface area contributed by atoms with Crippen LogP contribution in [-0.4, -0.2) is 37.1 Å². The van der Waals surface area contributed by atoms with Crippen molar-refractivity contribution in [1.29, 1.82) is 0 Å². The van der Waals surface area contributed by atoms with Crippen molar-refractivity contribution in [3.63, 3.8) is 0 Å². The second-order valence-electron chi connectivity index (χ2n) is 5.81. The summed E-state index contributed by atoms with van der Waals surface area (Å²) in [5.74, 6) is 0. The lowest BCUT2D eigenvalue weighted by molar-refractivity contribution is 0.0376. The fourth-order valence-electron chi connectivity index (χ4n) is 1.97. The largest absolute Gasteiger partial charge is 0.391 e. The van der Waals surface area contributed by atoms with Crippen molar-refractivity contribution in [2.75, 3.05) is 19.8 Å². The van der Waals surface area contributed by atoms with Gasteiger partial charge >= 0.3 is 0 Å². The number of aliphatic hydroxyl groups is 1. The van der Waals surface area contributed by atoms with Crippen LogP contribution in [0.1, 0.15) is 18.1 Å². The Morgan fingerprint density at radius 3 is 1.92 bits per heavy atom. The van der Waals surface area contributed by atoms with Gasteiger partial charge in [0.2, 0.25) is 0 Å². The molecular formula is C20H26O4. The Bertz CT molecular complexity index is 495. The van der Waals surface area contributed by atoms with Crippen molar-refractivity contribution >= 4 is 0 Å². The number of aliphatic hydroxyl groups excluding tert-OH is 1. The van der Waals surface area contributed by atoms with E-state index < -0.39 is 0 Å². The lowest BCUT2D eigenvalue weighted by atomic mass is 10.2. The second kappa shape index (κ2) is 10.9. The highest BCUT2D eigenvalue weighted by atomic mass is 16.6. The minimum Gasteiger partial charge on any atom is -0.391 e. The highest BCUT2D eigenvalue weighted by Crippen LogP contribution is 2.10. The molecule has 4 heteroatoms. The zero-order valence-corrected chi connectivity index (χ0v) is 14.1. The first kappa shape index (κ1) is 18.6. The number of epoxide rings is 1. The van der Waals surface area contributed by atoms with Gasteiger partial charge in [-0.15, -0.1) is 0 Å². The molecule has 2 atom stereocenters. The van der Waals surface area contributed by atoms with Crippen molar-refractivity contribution in [2.24, 2.45) is 0 Å². The SMILES string of the molecule is C[C@@H](O)COCc1ccccc1.c1ccc(COC[C@H]2CO2)cc1. The van der Waals surface area contributed by atoms with E-state index in [1.165, 1.54) is 5.56 Å². The van der Waals surface area contributed by atoms with E-state index in [1.54, 1.807) is 6.92 Å². The van der Waals surface area contributed by atoms with E-state index >= 15 is 0 Å². The molecule has 0 unspecified atom stereocenters. The van der Waals surface area contributed by atoms with Crippen molar-refractivity contribution in [3.8, 4) is 0 Å². The molecule has 0 amide bonds. The maximum absolute atomic E-state index is 8.91. The molecule has 0 bridgehead atoms. The van der Waals surface area contributed by atoms with E-state index in [1.807, 2.05) is 48.5 Å². The summed E-state index contributed by atoms with van der Waals surface area (Å²) >= 11 is 0. The summed E-state index contributed by atoms with van der Waals surface area (Å²) in [5, 5.41) is 8.91. The molecule has 1 saturated heterocycles. The Balaban J connectivity index is 0.000000174. The van der Waals surface area contributed by atoms with Crippen LogP contribution in [0, 0.1) is 0 Å². The molecule has 0 radical (unpaired) electrons. The Morgan fingerprint density at radius 1 is 0.958 bits per heavy atom. The molecular weight excluding hydrogens is 304 g/mol. The summed E-state index contributed by atoms with van der Waals surface area (Å²) in [4.78, 5) is 0. The van der Waals surface area contributed by atoms with Crippen LogP contribution >= 0.6 is 0 Å². The number of rotatable bonds is 8. The van der Waals surface area contributed by atoms with Gasteiger partial charge in [0, 0.05) is 0 Å². The molecule has 130 valence electrons. The molecule has 1 heterocycles. The van der Waals surface area contributed by atoms with Crippen molar-refractivity contribution in [3.05, 3.63) is 71.8 Å². The molecule has 0 aromatic heterocycles. The molecule has 0 aliphatic carbocycles. The molecule has 24 heavy (non-hydrogen) atoms. The van der Waals surface area contributed by atoms with E-state index in [2.05, 4.69) is 12.1 Å². The van der Waals surface area contributed by atoms with Crippen LogP contribution in [0.2, 0.25) is 0 Å². The number of hydrogen-bond donors (Lipinski definition) is 1. The van der Waals surface area contributed by atoms with Crippen molar-refractivity contribution in [1.82, 2.24) is 0 Å². The monoisotopic (exact) mass is 330 g/mol. The molecule has 2 aromatic carbocycles. The van der Waals surface area contributed by atoms with Gasteiger partial charge in [0.25, 0.3) is 0 Å². The maximum atomic E-state index is 8.91. The predicted octanol–water partition coefficient (Wildman–Crippen LogP) is 3.19. The van der Waals surface area contributed by atoms with Crippen molar-refractivity contribution in [2.45, 2.75) is 32.3 Å². The van der Waals surface area contributed by atoms with Crippen LogP contribution in [0.3, 0.4) is 0 Å². The minimum atomic E-state index is -0.381. The molecule has 0 saturated carbocycles. The van der Waals surface area contributed by atoms with E-state index in [0.29, 0.717) is 25.9 Å². The van der Waals surface area contributed by atoms with Gasteiger partial charge in [0.05, 0.1) is 39.1 Å². The quantitative estimate of drug-likeness (QED) is 0.755. The lowest BCUT2D eigenvalue weighted by Crippen LogP contribution is -2.09. The van der Waals surface area contributed by atoms with Crippen LogP contribution in [0.15, 0.2) is 60.7 Å². The minimum absolute atomic E-state index is 0.369. The Kier molecular flexibility index (Phi) is 8.49. The van der Waals surface area contributed by atoms with Crippen LogP contribution in [0.4, 0.5) is 0 Å². The fourth-order valence-corrected chi connectivity index (χ4v) is 1.97. The van der Waals surface area contributed by atoms with Crippen LogP contribution < -0.4 is 0 Å². The third-order valence-electron chi connectivity index (χ3n) is 3.29. The zero-order valence-electron chi connectivity index (χ0n) is 14.1. The predicted molar refractivity (Wildman–Crippen MR) is 93.6 cm³/mol. The van der Waals surface area contributed by atoms with Gasteiger partial charge in [-0.2, -0.15) is 0 Å². The molecule has 3 rings (SSSR count). The van der Waals surface area contributed by atoms with Gasteiger partial charge in [-0.05, 0) is 18.1 Å². The Hall–Kier alpha value is -1.72. The summed E-state index contributed by atoms with van der Waals surface area (Å²) in [7, 11) is 0. The molecule has 1 fully saturated rings. The average molecular weight is 330 g/mol. The maximum Gasteiger partial charge on any atom is 0.104 e. The van der Waals surface area contributed by atoms with E-state index in [-0.39, 0.29) is 6.10 Å². The van der Waals surface area contributed by atoms with E-state index in [4.69, 9.17) is 19.3 Å². The summed E-state index contributed by atoms with van der Waals surface area (Å²) in [6, 6.07) is 20.1. The lowest BCUT2D eigenvalue weighted by Gasteiger charge is -2.05. The van der Waals surface area contributed by atoms with E-state index in [0.717, 1.165) is 18.8 Å². The number of hydrogen-bond acceptors (Lipinski definition) is 4. The van der Waals surface area contributed by atoms with Crippen LogP contribution in [0.25, 0.3) is 0 Å². The Labute approximate surface area is 144 Å². The standard InChI is InChI=1S/C10H12O2.C10H14O2/c1-2-4-9(5-3-1)6-11-7-10-8-12-10;1-9(11)7-12-8-10-5-3-2-4-6-10/h1-5,10H,6-8H2;2-6,9,11H,7-8H2,1H3/t10-;9-/m01/s1. The molecule has 0 spiro atoms. The molecule has 1 N–H and O–H groups in total. The molecule has 1 aliphatic heterocycles. The summed E-state index contributed by atoms with van der Waals surface area (Å²) < 4.78 is 15.7. The van der Waals surface area contributed by atoms with E-state index in [9.17, 15) is 0 Å². The first-order valence-electron chi connectivity index (χ1n) is 8.27. The van der Waals surface area contributed by atoms with Gasteiger partial charge < -0.3 is 19.3 Å². The first-order chi connectivity index (χ1) is 11.7. The number of ether oxygens (including phenoxy) is 3. The molecule has 2 aromatic rings. The summed E-state index contributed by atoms with van der Waals surface area (Å²) in [6.45, 7) is 4.98. The summed E-state index contributed by atoms with van der Waals surface area (Å²) in [6.07, 6.45) is -0.0116. The first-order valence-corrected chi connectivity index (χ1v) is 8.27. The topological polar surface area (TPSA) is 51.2 Å². The van der Waals surface area contributed by atoms with Gasteiger partial charge in [-0.1, -0.05) is 60.7 Å². The van der Waals surface area contributed by atoms with Gasteiger partial charge in [-0.3, -0.25) is 0 Å². The number of benzene rings is 2. The van der Waals surface area contributed by atoms with Gasteiger partial charge in [0.1, 0.15) is 6.10 Å². The zero-order chi connectivity index (χ0) is 17.0. The average Bonchev–Trinajstić information content (AvgIpc) is 3.41. The molecule has 1 aliphatic rings.